The fourth-order valence-corrected chi connectivity index (χ4v) is 2.51. The van der Waals surface area contributed by atoms with Crippen molar-refractivity contribution >= 4 is 21.8 Å². The third-order valence-corrected chi connectivity index (χ3v) is 3.72. The second-order valence-electron chi connectivity index (χ2n) is 4.19. The van der Waals surface area contributed by atoms with Crippen molar-refractivity contribution in [3.63, 3.8) is 0 Å². The van der Waals surface area contributed by atoms with Crippen molar-refractivity contribution < 1.29 is 9.18 Å². The van der Waals surface area contributed by atoms with Gasteiger partial charge in [0.15, 0.2) is 0 Å². The molecule has 3 nitrogen and oxygen atoms in total. The van der Waals surface area contributed by atoms with Gasteiger partial charge in [0.25, 0.3) is 5.91 Å². The largest absolute Gasteiger partial charge is 0.337 e. The highest BCUT2D eigenvalue weighted by Crippen LogP contribution is 2.21. The van der Waals surface area contributed by atoms with Crippen LogP contribution in [0.25, 0.3) is 0 Å². The van der Waals surface area contributed by atoms with Crippen molar-refractivity contribution in [2.75, 3.05) is 20.1 Å². The van der Waals surface area contributed by atoms with Crippen LogP contribution in [0.4, 0.5) is 4.39 Å². The van der Waals surface area contributed by atoms with Gasteiger partial charge < -0.3 is 10.2 Å². The summed E-state index contributed by atoms with van der Waals surface area (Å²) in [7, 11) is 1.79. The van der Waals surface area contributed by atoms with Crippen molar-refractivity contribution in [2.45, 2.75) is 12.5 Å². The van der Waals surface area contributed by atoms with Gasteiger partial charge in [0.05, 0.1) is 5.56 Å². The zero-order valence-electron chi connectivity index (χ0n) is 9.54. The number of benzene rings is 1. The Morgan fingerprint density at radius 3 is 2.94 bits per heavy atom. The summed E-state index contributed by atoms with van der Waals surface area (Å²) >= 11 is 3.22. The normalized spacial score (nSPS) is 19.4. The van der Waals surface area contributed by atoms with Gasteiger partial charge in [-0.15, -0.1) is 0 Å². The number of hydrogen-bond acceptors (Lipinski definition) is 2. The minimum atomic E-state index is -0.349. The van der Waals surface area contributed by atoms with E-state index in [0.717, 1.165) is 19.5 Å². The number of likely N-dealkylation sites (N-methyl/N-ethyl adjacent to an activating group) is 1. The van der Waals surface area contributed by atoms with Crippen molar-refractivity contribution in [2.24, 2.45) is 0 Å². The first-order valence-corrected chi connectivity index (χ1v) is 6.32. The van der Waals surface area contributed by atoms with E-state index in [9.17, 15) is 9.18 Å². The third kappa shape index (κ3) is 2.66. The van der Waals surface area contributed by atoms with Gasteiger partial charge in [0.2, 0.25) is 0 Å². The van der Waals surface area contributed by atoms with E-state index in [1.807, 2.05) is 0 Å². The Morgan fingerprint density at radius 2 is 2.35 bits per heavy atom. The molecular formula is C12H14BrFN2O. The Morgan fingerprint density at radius 1 is 1.59 bits per heavy atom. The molecule has 2 rings (SSSR count). The summed E-state index contributed by atoms with van der Waals surface area (Å²) in [5.41, 5.74) is 0.501. The molecule has 92 valence electrons. The van der Waals surface area contributed by atoms with Crippen LogP contribution in [0, 0.1) is 5.82 Å². The van der Waals surface area contributed by atoms with E-state index in [2.05, 4.69) is 21.2 Å². The SMILES string of the molecule is CN(C(=O)c1ccc(F)cc1Br)[C@@H]1CCNC1. The number of nitrogens with zero attached hydrogens (tertiary/aromatic N) is 1. The van der Waals surface area contributed by atoms with Gasteiger partial charge in [-0.1, -0.05) is 0 Å². The topological polar surface area (TPSA) is 32.3 Å². The predicted molar refractivity (Wildman–Crippen MR) is 67.5 cm³/mol. The average molecular weight is 301 g/mol. The molecule has 1 fully saturated rings. The van der Waals surface area contributed by atoms with E-state index in [1.165, 1.54) is 18.2 Å². The molecular weight excluding hydrogens is 287 g/mol. The maximum absolute atomic E-state index is 12.9. The summed E-state index contributed by atoms with van der Waals surface area (Å²) in [6.45, 7) is 1.76. The van der Waals surface area contributed by atoms with Crippen molar-refractivity contribution in [3.8, 4) is 0 Å². The first-order chi connectivity index (χ1) is 8.09. The quantitative estimate of drug-likeness (QED) is 0.906. The van der Waals surface area contributed by atoms with E-state index >= 15 is 0 Å². The second-order valence-corrected chi connectivity index (χ2v) is 5.04. The van der Waals surface area contributed by atoms with Crippen LogP contribution in [0.1, 0.15) is 16.8 Å². The first-order valence-electron chi connectivity index (χ1n) is 5.52. The molecule has 0 bridgehead atoms. The second kappa shape index (κ2) is 5.14. The van der Waals surface area contributed by atoms with E-state index in [4.69, 9.17) is 0 Å². The smallest absolute Gasteiger partial charge is 0.255 e. The summed E-state index contributed by atoms with van der Waals surface area (Å²) in [5.74, 6) is -0.427. The van der Waals surface area contributed by atoms with Gasteiger partial charge in [-0.25, -0.2) is 4.39 Å². The first kappa shape index (κ1) is 12.5. The third-order valence-electron chi connectivity index (χ3n) is 3.06. The van der Waals surface area contributed by atoms with E-state index in [-0.39, 0.29) is 17.8 Å². The van der Waals surface area contributed by atoms with Gasteiger partial charge in [-0.05, 0) is 47.1 Å². The van der Waals surface area contributed by atoms with E-state index in [0.29, 0.717) is 10.0 Å². The number of halogens is 2. The van der Waals surface area contributed by atoms with Gasteiger partial charge in [-0.2, -0.15) is 0 Å². The molecule has 1 aliphatic heterocycles. The van der Waals surface area contributed by atoms with Crippen LogP contribution in [0.2, 0.25) is 0 Å². The maximum Gasteiger partial charge on any atom is 0.255 e. The lowest BCUT2D eigenvalue weighted by Gasteiger charge is -2.24. The van der Waals surface area contributed by atoms with E-state index in [1.54, 1.807) is 11.9 Å². The van der Waals surface area contributed by atoms with E-state index < -0.39 is 0 Å². The molecule has 0 spiro atoms. The lowest BCUT2D eigenvalue weighted by atomic mass is 10.1. The van der Waals surface area contributed by atoms with Crippen LogP contribution < -0.4 is 5.32 Å². The number of hydrogen-bond donors (Lipinski definition) is 1. The summed E-state index contributed by atoms with van der Waals surface area (Å²) in [6.07, 6.45) is 0.959. The number of nitrogens with one attached hydrogen (secondary N) is 1. The van der Waals surface area contributed by atoms with Crippen LogP contribution in [-0.4, -0.2) is 37.0 Å². The van der Waals surface area contributed by atoms with Crippen molar-refractivity contribution in [3.05, 3.63) is 34.1 Å². The lowest BCUT2D eigenvalue weighted by Crippen LogP contribution is -2.38. The number of amides is 1. The molecule has 5 heteroatoms. The van der Waals surface area contributed by atoms with Crippen LogP contribution in [-0.2, 0) is 0 Å². The minimum Gasteiger partial charge on any atom is -0.337 e. The molecule has 0 unspecified atom stereocenters. The molecule has 1 saturated heterocycles. The molecule has 0 saturated carbocycles. The molecule has 1 aromatic rings. The number of carbonyl (C=O) groups is 1. The molecule has 1 N–H and O–H groups in total. The highest BCUT2D eigenvalue weighted by atomic mass is 79.9. The minimum absolute atomic E-state index is 0.0782. The Hall–Kier alpha value is -0.940. The van der Waals surface area contributed by atoms with Gasteiger partial charge in [-0.3, -0.25) is 4.79 Å². The molecule has 1 heterocycles. The van der Waals surface area contributed by atoms with Crippen LogP contribution >= 0.6 is 15.9 Å². The summed E-state index contributed by atoms with van der Waals surface area (Å²) < 4.78 is 13.4. The Bertz CT molecular complexity index is 433. The summed E-state index contributed by atoms with van der Waals surface area (Å²) in [4.78, 5) is 13.9. The molecule has 1 amide bonds. The average Bonchev–Trinajstić information content (AvgIpc) is 2.80. The van der Waals surface area contributed by atoms with Gasteiger partial charge >= 0.3 is 0 Å². The van der Waals surface area contributed by atoms with Crippen LogP contribution in [0.3, 0.4) is 0 Å². The zero-order valence-corrected chi connectivity index (χ0v) is 11.1. The van der Waals surface area contributed by atoms with Gasteiger partial charge in [0, 0.05) is 24.1 Å². The molecule has 1 aliphatic rings. The Balaban J connectivity index is 2.18. The molecule has 0 aromatic heterocycles. The fourth-order valence-electron chi connectivity index (χ4n) is 1.99. The molecule has 0 radical (unpaired) electrons. The molecule has 17 heavy (non-hydrogen) atoms. The summed E-state index contributed by atoms with van der Waals surface area (Å²) in [5, 5.41) is 3.22. The number of rotatable bonds is 2. The monoisotopic (exact) mass is 300 g/mol. The lowest BCUT2D eigenvalue weighted by molar-refractivity contribution is 0.0743. The molecule has 1 atom stereocenters. The molecule has 1 aromatic carbocycles. The molecule has 0 aliphatic carbocycles. The zero-order chi connectivity index (χ0) is 12.4. The summed E-state index contributed by atoms with van der Waals surface area (Å²) in [6, 6.07) is 4.35. The Labute approximate surface area is 108 Å². The predicted octanol–water partition coefficient (Wildman–Crippen LogP) is 2.02. The maximum atomic E-state index is 12.9. The highest BCUT2D eigenvalue weighted by molar-refractivity contribution is 9.10. The van der Waals surface area contributed by atoms with Crippen molar-refractivity contribution in [1.29, 1.82) is 0 Å². The highest BCUT2D eigenvalue weighted by Gasteiger charge is 2.25. The van der Waals surface area contributed by atoms with Crippen molar-refractivity contribution in [1.82, 2.24) is 10.2 Å². The standard InChI is InChI=1S/C12H14BrFN2O/c1-16(9-4-5-15-7-9)12(17)10-3-2-8(14)6-11(10)13/h2-3,6,9,15H,4-5,7H2,1H3/t9-/m1/s1. The van der Waals surface area contributed by atoms with Crippen LogP contribution in [0.5, 0.6) is 0 Å². The fraction of sp³-hybridized carbons (Fsp3) is 0.417. The Kier molecular flexibility index (Phi) is 3.79. The van der Waals surface area contributed by atoms with Gasteiger partial charge in [0.1, 0.15) is 5.82 Å². The number of carbonyl (C=O) groups excluding carboxylic acids is 1. The van der Waals surface area contributed by atoms with Crippen LogP contribution in [0.15, 0.2) is 22.7 Å².